The number of aromatic nitrogens is 2. The maximum atomic E-state index is 13.0. The molecule has 0 aliphatic carbocycles. The Hall–Kier alpha value is -3.28. The SMILES string of the molecule is CCc1nc(C)oc1C(=O)N=c1sc2cc(C(N)=O)cc(OCCCO)c2n1C/C=C/CN. The van der Waals surface area contributed by atoms with Crippen LogP contribution >= 0.6 is 11.3 Å². The normalized spacial score (nSPS) is 12.2. The fraction of sp³-hybridized carbons (Fsp3) is 0.364. The van der Waals surface area contributed by atoms with Gasteiger partial charge in [0, 0.05) is 38.6 Å². The van der Waals surface area contributed by atoms with E-state index < -0.39 is 11.8 Å². The van der Waals surface area contributed by atoms with Crippen LogP contribution in [-0.2, 0) is 13.0 Å². The van der Waals surface area contributed by atoms with E-state index in [2.05, 4.69) is 9.98 Å². The lowest BCUT2D eigenvalue weighted by Crippen LogP contribution is -2.17. The quantitative estimate of drug-likeness (QED) is 0.298. The minimum atomic E-state index is -0.605. The number of carbonyl (C=O) groups excluding carboxylic acids is 2. The Labute approximate surface area is 194 Å². The second-order valence-electron chi connectivity index (χ2n) is 7.09. The molecule has 0 aliphatic heterocycles. The Kier molecular flexibility index (Phi) is 8.15. The summed E-state index contributed by atoms with van der Waals surface area (Å²) < 4.78 is 13.8. The van der Waals surface area contributed by atoms with Crippen LogP contribution in [0.3, 0.4) is 0 Å². The van der Waals surface area contributed by atoms with Crippen molar-refractivity contribution in [3.05, 3.63) is 52.0 Å². The van der Waals surface area contributed by atoms with E-state index in [-0.39, 0.29) is 24.5 Å². The average molecular weight is 474 g/mol. The zero-order chi connectivity index (χ0) is 24.0. The topological polar surface area (TPSA) is 159 Å². The van der Waals surface area contributed by atoms with E-state index in [9.17, 15) is 9.59 Å². The van der Waals surface area contributed by atoms with Crippen LogP contribution < -0.4 is 21.0 Å². The molecular weight excluding hydrogens is 446 g/mol. The van der Waals surface area contributed by atoms with Gasteiger partial charge in [0.25, 0.3) is 0 Å². The van der Waals surface area contributed by atoms with Gasteiger partial charge in [0.2, 0.25) is 11.7 Å². The number of fused-ring (bicyclic) bond motifs is 1. The summed E-state index contributed by atoms with van der Waals surface area (Å²) in [5, 5.41) is 9.11. The largest absolute Gasteiger partial charge is 0.491 e. The first-order valence-corrected chi connectivity index (χ1v) is 11.3. The summed E-state index contributed by atoms with van der Waals surface area (Å²) in [7, 11) is 0. The first-order chi connectivity index (χ1) is 15.9. The molecule has 10 nitrogen and oxygen atoms in total. The molecule has 0 aliphatic rings. The monoisotopic (exact) mass is 473 g/mol. The zero-order valence-corrected chi connectivity index (χ0v) is 19.4. The van der Waals surface area contributed by atoms with Gasteiger partial charge in [-0.3, -0.25) is 9.59 Å². The molecule has 176 valence electrons. The number of benzene rings is 1. The lowest BCUT2D eigenvalue weighted by atomic mass is 10.2. The summed E-state index contributed by atoms with van der Waals surface area (Å²) in [6, 6.07) is 3.20. The summed E-state index contributed by atoms with van der Waals surface area (Å²) in [4.78, 5) is 33.8. The van der Waals surface area contributed by atoms with Gasteiger partial charge in [0.05, 0.1) is 17.0 Å². The van der Waals surface area contributed by atoms with Crippen LogP contribution in [0.5, 0.6) is 5.75 Å². The summed E-state index contributed by atoms with van der Waals surface area (Å²) in [6.45, 7) is 4.49. The van der Waals surface area contributed by atoms with Crippen LogP contribution in [0.1, 0.15) is 45.8 Å². The fourth-order valence-corrected chi connectivity index (χ4v) is 4.31. The molecule has 0 saturated heterocycles. The van der Waals surface area contributed by atoms with Gasteiger partial charge in [-0.1, -0.05) is 30.4 Å². The second-order valence-corrected chi connectivity index (χ2v) is 8.10. The van der Waals surface area contributed by atoms with Crippen LogP contribution in [0.15, 0.2) is 33.7 Å². The summed E-state index contributed by atoms with van der Waals surface area (Å²) >= 11 is 1.22. The number of thiazole rings is 1. The standard InChI is InChI=1S/C22H27N5O5S/c1-3-15-19(32-13(2)25-15)21(30)26-22-27(8-5-4-7-23)18-16(31-10-6-9-28)11-14(20(24)29)12-17(18)33-22/h4-5,11-12,28H,3,6-10,23H2,1-2H3,(H2,24,29)/b5-4+,26-22?. The number of hydrogen-bond donors (Lipinski definition) is 3. The van der Waals surface area contributed by atoms with Crippen molar-refractivity contribution in [1.29, 1.82) is 0 Å². The number of aliphatic hydroxyl groups is 1. The van der Waals surface area contributed by atoms with Crippen LogP contribution in [0.4, 0.5) is 0 Å². The number of aliphatic hydroxyl groups excluding tert-OH is 1. The van der Waals surface area contributed by atoms with Crippen molar-refractivity contribution < 1.29 is 23.8 Å². The molecule has 0 saturated carbocycles. The average Bonchev–Trinajstić information content (AvgIpc) is 3.33. The Morgan fingerprint density at radius 3 is 2.82 bits per heavy atom. The van der Waals surface area contributed by atoms with E-state index >= 15 is 0 Å². The minimum Gasteiger partial charge on any atom is -0.491 e. The van der Waals surface area contributed by atoms with Gasteiger partial charge in [-0.05, 0) is 18.6 Å². The zero-order valence-electron chi connectivity index (χ0n) is 18.5. The molecule has 3 aromatic rings. The van der Waals surface area contributed by atoms with Crippen molar-refractivity contribution in [3.63, 3.8) is 0 Å². The van der Waals surface area contributed by atoms with Gasteiger partial charge in [-0.2, -0.15) is 4.99 Å². The first-order valence-electron chi connectivity index (χ1n) is 10.5. The maximum absolute atomic E-state index is 13.0. The van der Waals surface area contributed by atoms with Gasteiger partial charge in [0.15, 0.2) is 10.7 Å². The second kappa shape index (κ2) is 11.0. The fourth-order valence-electron chi connectivity index (χ4n) is 3.22. The highest BCUT2D eigenvalue weighted by molar-refractivity contribution is 7.16. The number of rotatable bonds is 10. The number of nitrogens with two attached hydrogens (primary N) is 2. The smallest absolute Gasteiger partial charge is 0.317 e. The molecule has 2 amide bonds. The number of oxazole rings is 1. The molecule has 33 heavy (non-hydrogen) atoms. The van der Waals surface area contributed by atoms with Crippen molar-refractivity contribution in [1.82, 2.24) is 9.55 Å². The van der Waals surface area contributed by atoms with Gasteiger partial charge in [-0.25, -0.2) is 4.98 Å². The highest BCUT2D eigenvalue weighted by Crippen LogP contribution is 2.30. The van der Waals surface area contributed by atoms with Gasteiger partial charge in [-0.15, -0.1) is 0 Å². The van der Waals surface area contributed by atoms with Crippen molar-refractivity contribution in [2.24, 2.45) is 16.5 Å². The predicted molar refractivity (Wildman–Crippen MR) is 124 cm³/mol. The number of primary amides is 1. The predicted octanol–water partition coefficient (Wildman–Crippen LogP) is 1.68. The number of amides is 2. The molecule has 11 heteroatoms. The summed E-state index contributed by atoms with van der Waals surface area (Å²) in [5.41, 5.74) is 12.6. The van der Waals surface area contributed by atoms with Crippen molar-refractivity contribution >= 4 is 33.4 Å². The van der Waals surface area contributed by atoms with E-state index in [0.717, 1.165) is 0 Å². The maximum Gasteiger partial charge on any atom is 0.317 e. The third kappa shape index (κ3) is 5.56. The molecule has 0 spiro atoms. The van der Waals surface area contributed by atoms with Crippen molar-refractivity contribution in [2.75, 3.05) is 19.8 Å². The van der Waals surface area contributed by atoms with Crippen molar-refractivity contribution in [2.45, 2.75) is 33.2 Å². The molecule has 0 unspecified atom stereocenters. The molecule has 5 N–H and O–H groups in total. The lowest BCUT2D eigenvalue weighted by Gasteiger charge is -2.11. The molecule has 2 aromatic heterocycles. The third-order valence-corrected chi connectivity index (χ3v) is 5.73. The number of ether oxygens (including phenoxy) is 1. The number of hydrogen-bond acceptors (Lipinski definition) is 8. The molecule has 1 aromatic carbocycles. The van der Waals surface area contributed by atoms with E-state index in [4.69, 9.17) is 25.7 Å². The summed E-state index contributed by atoms with van der Waals surface area (Å²) in [5.74, 6) is -0.245. The van der Waals surface area contributed by atoms with Crippen LogP contribution in [0.25, 0.3) is 10.2 Å². The lowest BCUT2D eigenvalue weighted by molar-refractivity contribution is 0.0967. The van der Waals surface area contributed by atoms with E-state index in [1.165, 1.54) is 11.3 Å². The van der Waals surface area contributed by atoms with Gasteiger partial charge >= 0.3 is 5.91 Å². The van der Waals surface area contributed by atoms with Crippen LogP contribution in [0, 0.1) is 6.92 Å². The Balaban J connectivity index is 2.22. The number of carbonyl (C=O) groups is 2. The van der Waals surface area contributed by atoms with Crippen LogP contribution in [-0.4, -0.2) is 46.2 Å². The van der Waals surface area contributed by atoms with E-state index in [0.29, 0.717) is 58.3 Å². The number of aryl methyl sites for hydroxylation is 2. The van der Waals surface area contributed by atoms with Crippen LogP contribution in [0.2, 0.25) is 0 Å². The molecule has 0 atom stereocenters. The highest BCUT2D eigenvalue weighted by atomic mass is 32.1. The molecule has 0 radical (unpaired) electrons. The highest BCUT2D eigenvalue weighted by Gasteiger charge is 2.20. The van der Waals surface area contributed by atoms with Crippen molar-refractivity contribution in [3.8, 4) is 5.75 Å². The molecule has 0 fully saturated rings. The molecule has 2 heterocycles. The third-order valence-electron chi connectivity index (χ3n) is 4.71. The van der Waals surface area contributed by atoms with E-state index in [1.807, 2.05) is 13.0 Å². The number of allylic oxidation sites excluding steroid dienone is 1. The Morgan fingerprint density at radius 2 is 2.15 bits per heavy atom. The number of nitrogens with zero attached hydrogens (tertiary/aromatic N) is 3. The minimum absolute atomic E-state index is 0.0347. The Bertz CT molecular complexity index is 1250. The van der Waals surface area contributed by atoms with E-state index in [1.54, 1.807) is 29.7 Å². The Morgan fingerprint density at radius 1 is 1.36 bits per heavy atom. The molecular formula is C22H27N5O5S. The van der Waals surface area contributed by atoms with Gasteiger partial charge < -0.3 is 30.3 Å². The molecule has 3 rings (SSSR count). The van der Waals surface area contributed by atoms with Gasteiger partial charge in [0.1, 0.15) is 11.3 Å². The summed E-state index contributed by atoms with van der Waals surface area (Å²) in [6.07, 6.45) is 4.59. The molecule has 0 bridgehead atoms. The first kappa shape index (κ1) is 24.4.